The standard InChI is InChI=1S/C8H11F2N/c1-7(9,10)8(11-2)5-3-4-6-8/h3-6H2,1H3. The maximum absolute atomic E-state index is 12.9. The van der Waals surface area contributed by atoms with Crippen LogP contribution in [-0.2, 0) is 0 Å². The predicted octanol–water partition coefficient (Wildman–Crippen LogP) is 2.87. The molecule has 1 fully saturated rings. The molecule has 0 N–H and O–H groups in total. The van der Waals surface area contributed by atoms with Crippen LogP contribution in [-0.4, -0.2) is 11.5 Å². The van der Waals surface area contributed by atoms with Gasteiger partial charge in [-0.25, -0.2) is 6.57 Å². The van der Waals surface area contributed by atoms with E-state index in [-0.39, 0.29) is 0 Å². The molecule has 0 aliphatic heterocycles. The maximum atomic E-state index is 12.9. The van der Waals surface area contributed by atoms with Crippen LogP contribution in [0.4, 0.5) is 8.78 Å². The summed E-state index contributed by atoms with van der Waals surface area (Å²) in [4.78, 5) is 3.09. The molecule has 1 saturated carbocycles. The normalized spacial score (nSPS) is 23.1. The second-order valence-corrected chi connectivity index (χ2v) is 3.24. The third kappa shape index (κ3) is 1.22. The quantitative estimate of drug-likeness (QED) is 0.518. The molecule has 0 atom stereocenters. The molecule has 0 aromatic rings. The van der Waals surface area contributed by atoms with Crippen LogP contribution >= 0.6 is 0 Å². The van der Waals surface area contributed by atoms with Crippen molar-refractivity contribution >= 4 is 0 Å². The van der Waals surface area contributed by atoms with Crippen molar-refractivity contribution in [2.75, 3.05) is 0 Å². The van der Waals surface area contributed by atoms with Gasteiger partial charge in [-0.05, 0) is 12.8 Å². The van der Waals surface area contributed by atoms with Crippen molar-refractivity contribution in [3.63, 3.8) is 0 Å². The highest BCUT2D eigenvalue weighted by Crippen LogP contribution is 2.44. The largest absolute Gasteiger partial charge is 0.320 e. The summed E-state index contributed by atoms with van der Waals surface area (Å²) in [6.45, 7) is 7.61. The number of hydrogen-bond acceptors (Lipinski definition) is 0. The Morgan fingerprint density at radius 2 is 1.82 bits per heavy atom. The number of rotatable bonds is 1. The van der Waals surface area contributed by atoms with Crippen LogP contribution in [0.15, 0.2) is 0 Å². The fourth-order valence-electron chi connectivity index (χ4n) is 1.61. The molecule has 0 radical (unpaired) electrons. The molecule has 3 heteroatoms. The molecule has 0 spiro atoms. The SMILES string of the molecule is [C-]#[N+]C1(C(C)(F)F)CCCC1. The van der Waals surface area contributed by atoms with E-state index >= 15 is 0 Å². The first-order valence-corrected chi connectivity index (χ1v) is 3.78. The Morgan fingerprint density at radius 1 is 1.36 bits per heavy atom. The summed E-state index contributed by atoms with van der Waals surface area (Å²) in [5, 5.41) is 0. The van der Waals surface area contributed by atoms with Gasteiger partial charge in [-0.15, -0.1) is 0 Å². The van der Waals surface area contributed by atoms with Crippen LogP contribution in [0.5, 0.6) is 0 Å². The Labute approximate surface area is 65.2 Å². The molecule has 0 aromatic carbocycles. The zero-order chi connectivity index (χ0) is 8.54. The molecule has 1 aliphatic carbocycles. The molecule has 0 bridgehead atoms. The van der Waals surface area contributed by atoms with Gasteiger partial charge in [0, 0.05) is 19.8 Å². The highest BCUT2D eigenvalue weighted by atomic mass is 19.3. The van der Waals surface area contributed by atoms with Crippen LogP contribution in [0.2, 0.25) is 0 Å². The Balaban J connectivity index is 2.86. The van der Waals surface area contributed by atoms with E-state index in [9.17, 15) is 8.78 Å². The van der Waals surface area contributed by atoms with E-state index in [4.69, 9.17) is 6.57 Å². The lowest BCUT2D eigenvalue weighted by Gasteiger charge is -2.22. The molecule has 0 saturated heterocycles. The Kier molecular flexibility index (Phi) is 1.87. The summed E-state index contributed by atoms with van der Waals surface area (Å²) < 4.78 is 25.7. The van der Waals surface area contributed by atoms with Gasteiger partial charge in [0.25, 0.3) is 5.54 Å². The average molecular weight is 159 g/mol. The third-order valence-electron chi connectivity index (χ3n) is 2.46. The zero-order valence-electron chi connectivity index (χ0n) is 6.53. The predicted molar refractivity (Wildman–Crippen MR) is 38.4 cm³/mol. The molecule has 0 unspecified atom stereocenters. The highest BCUT2D eigenvalue weighted by Gasteiger charge is 2.58. The lowest BCUT2D eigenvalue weighted by atomic mass is 9.92. The number of nitrogens with zero attached hydrogens (tertiary/aromatic N) is 1. The smallest absolute Gasteiger partial charge is 0.304 e. The second-order valence-electron chi connectivity index (χ2n) is 3.24. The van der Waals surface area contributed by atoms with E-state index in [1.54, 1.807) is 0 Å². The summed E-state index contributed by atoms with van der Waals surface area (Å²) in [7, 11) is 0. The fraction of sp³-hybridized carbons (Fsp3) is 0.875. The van der Waals surface area contributed by atoms with Crippen molar-refractivity contribution in [1.82, 2.24) is 0 Å². The monoisotopic (exact) mass is 159 g/mol. The van der Waals surface area contributed by atoms with Gasteiger partial charge >= 0.3 is 5.92 Å². The molecule has 0 heterocycles. The van der Waals surface area contributed by atoms with Crippen LogP contribution in [0.1, 0.15) is 32.6 Å². The zero-order valence-corrected chi connectivity index (χ0v) is 6.53. The number of hydrogen-bond donors (Lipinski definition) is 0. The Hall–Kier alpha value is -0.650. The fourth-order valence-corrected chi connectivity index (χ4v) is 1.61. The van der Waals surface area contributed by atoms with E-state index in [2.05, 4.69) is 4.85 Å². The molecule has 11 heavy (non-hydrogen) atoms. The van der Waals surface area contributed by atoms with Gasteiger partial charge in [-0.1, -0.05) is 0 Å². The van der Waals surface area contributed by atoms with E-state index in [0.717, 1.165) is 19.8 Å². The summed E-state index contributed by atoms with van der Waals surface area (Å²) in [5.41, 5.74) is -1.37. The van der Waals surface area contributed by atoms with Crippen molar-refractivity contribution in [3.05, 3.63) is 11.4 Å². The Morgan fingerprint density at radius 3 is 2.00 bits per heavy atom. The van der Waals surface area contributed by atoms with Gasteiger partial charge in [-0.2, -0.15) is 8.78 Å². The van der Waals surface area contributed by atoms with Gasteiger partial charge in [0.05, 0.1) is 0 Å². The number of halogens is 2. The summed E-state index contributed by atoms with van der Waals surface area (Å²) in [6, 6.07) is 0. The van der Waals surface area contributed by atoms with Crippen LogP contribution in [0, 0.1) is 6.57 Å². The maximum Gasteiger partial charge on any atom is 0.320 e. The third-order valence-corrected chi connectivity index (χ3v) is 2.46. The van der Waals surface area contributed by atoms with Crippen LogP contribution in [0.3, 0.4) is 0 Å². The second kappa shape index (κ2) is 2.44. The molecule has 0 aromatic heterocycles. The lowest BCUT2D eigenvalue weighted by molar-refractivity contribution is -0.0374. The first-order valence-electron chi connectivity index (χ1n) is 3.78. The molecule has 1 nitrogen and oxygen atoms in total. The van der Waals surface area contributed by atoms with Crippen molar-refractivity contribution in [3.8, 4) is 0 Å². The molecular weight excluding hydrogens is 148 g/mol. The van der Waals surface area contributed by atoms with E-state index < -0.39 is 11.5 Å². The lowest BCUT2D eigenvalue weighted by Crippen LogP contribution is -2.40. The van der Waals surface area contributed by atoms with E-state index in [1.165, 1.54) is 0 Å². The van der Waals surface area contributed by atoms with Gasteiger partial charge in [0.15, 0.2) is 0 Å². The molecule has 1 aliphatic rings. The van der Waals surface area contributed by atoms with E-state index in [0.29, 0.717) is 12.8 Å². The minimum absolute atomic E-state index is 0.361. The minimum atomic E-state index is -2.83. The van der Waals surface area contributed by atoms with Crippen molar-refractivity contribution in [2.24, 2.45) is 0 Å². The molecule has 62 valence electrons. The van der Waals surface area contributed by atoms with Crippen LogP contribution in [0.25, 0.3) is 4.85 Å². The molecule has 1 rings (SSSR count). The number of alkyl halides is 2. The summed E-state index contributed by atoms with van der Waals surface area (Å²) in [6.07, 6.45) is 2.26. The minimum Gasteiger partial charge on any atom is -0.304 e. The van der Waals surface area contributed by atoms with E-state index in [1.807, 2.05) is 0 Å². The summed E-state index contributed by atoms with van der Waals surface area (Å²) >= 11 is 0. The van der Waals surface area contributed by atoms with Crippen molar-refractivity contribution < 1.29 is 8.78 Å². The average Bonchev–Trinajstić information content (AvgIpc) is 2.33. The van der Waals surface area contributed by atoms with Crippen molar-refractivity contribution in [1.29, 1.82) is 0 Å². The Bertz CT molecular complexity index is 181. The van der Waals surface area contributed by atoms with Gasteiger partial charge in [0.1, 0.15) is 0 Å². The van der Waals surface area contributed by atoms with Gasteiger partial charge < -0.3 is 4.85 Å². The molecular formula is C8H11F2N. The highest BCUT2D eigenvalue weighted by molar-refractivity contribution is 5.09. The summed E-state index contributed by atoms with van der Waals surface area (Å²) in [5.74, 6) is -2.83. The van der Waals surface area contributed by atoms with Crippen LogP contribution < -0.4 is 0 Å². The van der Waals surface area contributed by atoms with Crippen molar-refractivity contribution in [2.45, 2.75) is 44.1 Å². The van der Waals surface area contributed by atoms with Gasteiger partial charge in [-0.3, -0.25) is 0 Å². The first kappa shape index (κ1) is 8.45. The topological polar surface area (TPSA) is 4.36 Å². The molecule has 0 amide bonds. The first-order chi connectivity index (χ1) is 5.02. The van der Waals surface area contributed by atoms with Gasteiger partial charge in [0.2, 0.25) is 0 Å².